The lowest BCUT2D eigenvalue weighted by atomic mass is 9.87. The van der Waals surface area contributed by atoms with E-state index in [1.165, 1.54) is 6.07 Å². The molecule has 2 amide bonds. The van der Waals surface area contributed by atoms with Gasteiger partial charge in [0, 0.05) is 26.9 Å². The van der Waals surface area contributed by atoms with Crippen molar-refractivity contribution >= 4 is 60.7 Å². The first kappa shape index (κ1) is 22.1. The minimum absolute atomic E-state index is 0.136. The van der Waals surface area contributed by atoms with Gasteiger partial charge in [-0.05, 0) is 47.0 Å². The molecule has 0 radical (unpaired) electrons. The van der Waals surface area contributed by atoms with Crippen LogP contribution in [0.15, 0.2) is 89.4 Å². The predicted octanol–water partition coefficient (Wildman–Crippen LogP) is 7.44. The second-order valence-corrected chi connectivity index (χ2v) is 9.57. The number of amides is 2. The van der Waals surface area contributed by atoms with Crippen molar-refractivity contribution in [1.29, 1.82) is 0 Å². The van der Waals surface area contributed by atoms with E-state index in [2.05, 4.69) is 15.9 Å². The summed E-state index contributed by atoms with van der Waals surface area (Å²) in [6, 6.07) is 24.8. The number of imide groups is 1. The molecule has 1 aliphatic rings. The largest absolute Gasteiger partial charge is 0.278 e. The number of nitro benzene ring substituents is 1. The normalized spacial score (nSPS) is 13.0. The van der Waals surface area contributed by atoms with E-state index in [9.17, 15) is 19.7 Å². The van der Waals surface area contributed by atoms with Gasteiger partial charge in [0.25, 0.3) is 17.5 Å². The quantitative estimate of drug-likeness (QED) is 0.136. The van der Waals surface area contributed by atoms with E-state index < -0.39 is 16.7 Å². The number of rotatable bonds is 3. The summed E-state index contributed by atoms with van der Waals surface area (Å²) in [5.41, 5.74) is 2.67. The van der Waals surface area contributed by atoms with Crippen LogP contribution in [0, 0.1) is 17.0 Å². The van der Waals surface area contributed by atoms with Crippen molar-refractivity contribution in [3.8, 4) is 11.1 Å². The Balaban J connectivity index is 1.66. The third kappa shape index (κ3) is 3.17. The molecule has 1 aliphatic heterocycles. The van der Waals surface area contributed by atoms with Crippen molar-refractivity contribution in [1.82, 2.24) is 0 Å². The monoisotopic (exact) mass is 536 g/mol. The highest BCUT2D eigenvalue weighted by Crippen LogP contribution is 2.44. The Morgan fingerprint density at radius 1 is 0.806 bits per heavy atom. The summed E-state index contributed by atoms with van der Waals surface area (Å²) in [5, 5.41) is 14.8. The summed E-state index contributed by atoms with van der Waals surface area (Å²) in [4.78, 5) is 40.6. The topological polar surface area (TPSA) is 80.5 Å². The molecular weight excluding hydrogens is 520 g/mol. The molecule has 5 aromatic rings. The molecule has 0 bridgehead atoms. The Morgan fingerprint density at radius 2 is 1.50 bits per heavy atom. The molecule has 0 saturated carbocycles. The lowest BCUT2D eigenvalue weighted by Crippen LogP contribution is -2.40. The van der Waals surface area contributed by atoms with Crippen molar-refractivity contribution in [3.05, 3.63) is 116 Å². The number of carbonyl (C=O) groups is 2. The number of nitrogens with zero attached hydrogens (tertiary/aromatic N) is 2. The molecule has 0 aromatic heterocycles. The van der Waals surface area contributed by atoms with Gasteiger partial charge in [-0.3, -0.25) is 19.7 Å². The fraction of sp³-hybridized carbons (Fsp3) is 0.0345. The van der Waals surface area contributed by atoms with Crippen LogP contribution in [0.25, 0.3) is 32.7 Å². The molecule has 0 spiro atoms. The van der Waals surface area contributed by atoms with Crippen LogP contribution in [-0.4, -0.2) is 16.7 Å². The number of anilines is 1. The molecule has 7 heteroatoms. The molecule has 1 heterocycles. The SMILES string of the molecule is Cc1cc(-c2c([N+](=O)[O-])cc3c4c(cccc24)C(=O)N(c2cccc4ccccc24)C3=O)ccc1Br. The molecule has 0 saturated heterocycles. The lowest BCUT2D eigenvalue weighted by Gasteiger charge is -2.28. The Hall–Kier alpha value is -4.36. The molecule has 174 valence electrons. The van der Waals surface area contributed by atoms with Gasteiger partial charge in [-0.1, -0.05) is 76.6 Å². The zero-order valence-electron chi connectivity index (χ0n) is 19.0. The predicted molar refractivity (Wildman–Crippen MR) is 144 cm³/mol. The Kier molecular flexibility index (Phi) is 4.98. The van der Waals surface area contributed by atoms with Crippen LogP contribution in [0.2, 0.25) is 0 Å². The highest BCUT2D eigenvalue weighted by atomic mass is 79.9. The molecule has 0 aliphatic carbocycles. The zero-order valence-corrected chi connectivity index (χ0v) is 20.6. The van der Waals surface area contributed by atoms with Crippen molar-refractivity contribution in [3.63, 3.8) is 0 Å². The van der Waals surface area contributed by atoms with Crippen LogP contribution in [-0.2, 0) is 0 Å². The van der Waals surface area contributed by atoms with Crippen molar-refractivity contribution in [2.45, 2.75) is 6.92 Å². The minimum atomic E-state index is -0.582. The summed E-state index contributed by atoms with van der Waals surface area (Å²) in [7, 11) is 0. The third-order valence-electron chi connectivity index (χ3n) is 6.66. The highest BCUT2D eigenvalue weighted by Gasteiger charge is 2.37. The van der Waals surface area contributed by atoms with Crippen molar-refractivity contribution < 1.29 is 14.5 Å². The van der Waals surface area contributed by atoms with E-state index in [-0.39, 0.29) is 11.3 Å². The summed E-state index contributed by atoms with van der Waals surface area (Å²) < 4.78 is 0.882. The number of nitro groups is 1. The van der Waals surface area contributed by atoms with Crippen molar-refractivity contribution in [2.24, 2.45) is 0 Å². The number of fused-ring (bicyclic) bond motifs is 1. The molecule has 0 unspecified atom stereocenters. The molecule has 0 atom stereocenters. The van der Waals surface area contributed by atoms with Crippen LogP contribution in [0.1, 0.15) is 26.3 Å². The van der Waals surface area contributed by atoms with Gasteiger partial charge in [-0.15, -0.1) is 0 Å². The first-order valence-corrected chi connectivity index (χ1v) is 12.0. The van der Waals surface area contributed by atoms with E-state index >= 15 is 0 Å². The molecule has 6 rings (SSSR count). The molecule has 0 N–H and O–H groups in total. The molecule has 6 nitrogen and oxygen atoms in total. The number of hydrogen-bond donors (Lipinski definition) is 0. The number of halogens is 1. The van der Waals surface area contributed by atoms with Crippen LogP contribution < -0.4 is 4.90 Å². The van der Waals surface area contributed by atoms with E-state index in [1.807, 2.05) is 49.4 Å². The van der Waals surface area contributed by atoms with E-state index in [0.29, 0.717) is 33.2 Å². The number of aryl methyl sites for hydroxylation is 1. The molecule has 36 heavy (non-hydrogen) atoms. The average molecular weight is 537 g/mol. The average Bonchev–Trinajstić information content (AvgIpc) is 2.88. The zero-order chi connectivity index (χ0) is 25.1. The van der Waals surface area contributed by atoms with E-state index in [4.69, 9.17) is 0 Å². The summed E-state index contributed by atoms with van der Waals surface area (Å²) in [5.74, 6) is -1.04. The second kappa shape index (κ2) is 8.10. The van der Waals surface area contributed by atoms with Crippen LogP contribution in [0.4, 0.5) is 11.4 Å². The van der Waals surface area contributed by atoms with Gasteiger partial charge in [0.05, 0.1) is 21.7 Å². The lowest BCUT2D eigenvalue weighted by molar-refractivity contribution is -0.384. The number of carbonyl (C=O) groups excluding carboxylic acids is 2. The standard InChI is InChI=1S/C29H17BrN2O4/c1-16-14-18(12-13-23(16)30)26-20-9-5-10-21-27(20)22(15-25(26)32(35)36)29(34)31(28(21)33)24-11-4-7-17-6-2-3-8-19(17)24/h2-15H,1H3. The highest BCUT2D eigenvalue weighted by molar-refractivity contribution is 9.10. The Labute approximate surface area is 214 Å². The minimum Gasteiger partial charge on any atom is -0.268 e. The number of benzene rings is 5. The van der Waals surface area contributed by atoms with Gasteiger partial charge in [-0.25, -0.2) is 4.90 Å². The maximum absolute atomic E-state index is 13.9. The second-order valence-electron chi connectivity index (χ2n) is 8.71. The van der Waals surface area contributed by atoms with E-state index in [1.54, 1.807) is 36.4 Å². The maximum atomic E-state index is 13.9. The Morgan fingerprint density at radius 3 is 2.28 bits per heavy atom. The summed E-state index contributed by atoms with van der Waals surface area (Å²) >= 11 is 3.48. The first-order valence-electron chi connectivity index (χ1n) is 11.2. The van der Waals surface area contributed by atoms with E-state index in [0.717, 1.165) is 25.7 Å². The fourth-order valence-electron chi connectivity index (χ4n) is 5.02. The van der Waals surface area contributed by atoms with Gasteiger partial charge in [0.1, 0.15) is 0 Å². The smallest absolute Gasteiger partial charge is 0.268 e. The third-order valence-corrected chi connectivity index (χ3v) is 7.55. The summed E-state index contributed by atoms with van der Waals surface area (Å²) in [6.45, 7) is 1.90. The van der Waals surface area contributed by atoms with Gasteiger partial charge in [0.15, 0.2) is 0 Å². The summed E-state index contributed by atoms with van der Waals surface area (Å²) in [6.07, 6.45) is 0. The van der Waals surface area contributed by atoms with Gasteiger partial charge in [-0.2, -0.15) is 0 Å². The molecule has 0 fully saturated rings. The van der Waals surface area contributed by atoms with Crippen molar-refractivity contribution in [2.75, 3.05) is 4.90 Å². The van der Waals surface area contributed by atoms with Gasteiger partial charge < -0.3 is 0 Å². The van der Waals surface area contributed by atoms with Crippen LogP contribution >= 0.6 is 15.9 Å². The van der Waals surface area contributed by atoms with Crippen LogP contribution in [0.5, 0.6) is 0 Å². The first-order chi connectivity index (χ1) is 17.4. The van der Waals surface area contributed by atoms with Crippen LogP contribution in [0.3, 0.4) is 0 Å². The molecular formula is C29H17BrN2O4. The fourth-order valence-corrected chi connectivity index (χ4v) is 5.27. The number of hydrogen-bond acceptors (Lipinski definition) is 4. The molecule has 5 aromatic carbocycles. The van der Waals surface area contributed by atoms with Gasteiger partial charge >= 0.3 is 0 Å². The Bertz CT molecular complexity index is 1790. The maximum Gasteiger partial charge on any atom is 0.278 e. The van der Waals surface area contributed by atoms with Gasteiger partial charge in [0.2, 0.25) is 0 Å².